The highest BCUT2D eigenvalue weighted by molar-refractivity contribution is 5.92. The molecule has 0 radical (unpaired) electrons. The molecule has 0 amide bonds. The van der Waals surface area contributed by atoms with E-state index in [1.807, 2.05) is 19.3 Å². The molecule has 0 aromatic carbocycles. The van der Waals surface area contributed by atoms with E-state index in [0.29, 0.717) is 29.2 Å². The lowest BCUT2D eigenvalue weighted by Gasteiger charge is -2.38. The van der Waals surface area contributed by atoms with Gasteiger partial charge in [-0.3, -0.25) is 4.98 Å². The van der Waals surface area contributed by atoms with Gasteiger partial charge in [0.1, 0.15) is 11.2 Å². The van der Waals surface area contributed by atoms with Crippen LogP contribution in [-0.4, -0.2) is 48.7 Å². The minimum Gasteiger partial charge on any atom is -0.475 e. The number of pyridine rings is 1. The number of fused-ring (bicyclic) bond motifs is 1. The van der Waals surface area contributed by atoms with E-state index in [1.54, 1.807) is 0 Å². The van der Waals surface area contributed by atoms with E-state index in [4.69, 9.17) is 9.97 Å². The van der Waals surface area contributed by atoms with Gasteiger partial charge in [0.05, 0.1) is 0 Å². The third kappa shape index (κ3) is 5.07. The maximum absolute atomic E-state index is 12.0. The first-order chi connectivity index (χ1) is 17.7. The van der Waals surface area contributed by atoms with Gasteiger partial charge in [0.25, 0.3) is 0 Å². The fraction of sp³-hybridized carbons (Fsp3) is 0.621. The Bertz CT molecular complexity index is 1270. The molecule has 0 saturated heterocycles. The zero-order valence-electron chi connectivity index (χ0n) is 22.8. The van der Waals surface area contributed by atoms with Gasteiger partial charge >= 0.3 is 5.97 Å². The molecule has 2 aliphatic carbocycles. The van der Waals surface area contributed by atoms with E-state index in [-0.39, 0.29) is 11.9 Å². The molecule has 2 fully saturated rings. The molecule has 1 atom stereocenters. The van der Waals surface area contributed by atoms with Crippen molar-refractivity contribution >= 4 is 23.0 Å². The Labute approximate surface area is 219 Å². The van der Waals surface area contributed by atoms with Crippen LogP contribution < -0.4 is 4.90 Å². The molecule has 3 aromatic heterocycles. The van der Waals surface area contributed by atoms with Crippen LogP contribution in [0.15, 0.2) is 18.3 Å². The lowest BCUT2D eigenvalue weighted by Crippen LogP contribution is -2.39. The van der Waals surface area contributed by atoms with E-state index < -0.39 is 5.97 Å². The molecule has 8 heteroatoms. The Hall–Kier alpha value is -3.03. The number of imidazole rings is 1. The molecule has 0 spiro atoms. The first kappa shape index (κ1) is 25.6. The third-order valence-electron chi connectivity index (χ3n) is 8.81. The zero-order valence-corrected chi connectivity index (χ0v) is 22.8. The number of carbonyl (C=O) groups is 1. The quantitative estimate of drug-likeness (QED) is 0.392. The van der Waals surface area contributed by atoms with Crippen molar-refractivity contribution in [3.63, 3.8) is 0 Å². The maximum Gasteiger partial charge on any atom is 0.374 e. The van der Waals surface area contributed by atoms with E-state index in [9.17, 15) is 9.90 Å². The Morgan fingerprint density at radius 2 is 1.84 bits per heavy atom. The highest BCUT2D eigenvalue weighted by atomic mass is 16.4. The number of rotatable bonds is 8. The number of nitrogens with zero attached hydrogens (tertiary/aromatic N) is 6. The van der Waals surface area contributed by atoms with E-state index in [1.165, 1.54) is 50.5 Å². The molecule has 2 aliphatic rings. The minimum atomic E-state index is -1.13. The molecule has 2 saturated carbocycles. The molecule has 8 nitrogen and oxygen atoms in total. The van der Waals surface area contributed by atoms with Gasteiger partial charge in [-0.05, 0) is 74.0 Å². The van der Waals surface area contributed by atoms with E-state index in [2.05, 4.69) is 53.2 Å². The second-order valence-corrected chi connectivity index (χ2v) is 11.7. The lowest BCUT2D eigenvalue weighted by atomic mass is 9.80. The molecular weight excluding hydrogens is 464 g/mol. The molecule has 0 aliphatic heterocycles. The third-order valence-corrected chi connectivity index (χ3v) is 8.81. The summed E-state index contributed by atoms with van der Waals surface area (Å²) >= 11 is 0. The lowest BCUT2D eigenvalue weighted by molar-refractivity contribution is 0.0684. The molecule has 3 aromatic rings. The highest BCUT2D eigenvalue weighted by Crippen LogP contribution is 2.38. The van der Waals surface area contributed by atoms with Crippen molar-refractivity contribution in [3.8, 4) is 11.5 Å². The second-order valence-electron chi connectivity index (χ2n) is 11.7. The first-order valence-electron chi connectivity index (χ1n) is 13.9. The largest absolute Gasteiger partial charge is 0.475 e. The number of aromatic nitrogens is 5. The van der Waals surface area contributed by atoms with Gasteiger partial charge in [-0.25, -0.2) is 19.7 Å². The molecule has 5 rings (SSSR count). The summed E-state index contributed by atoms with van der Waals surface area (Å²) in [7, 11) is 2.04. The van der Waals surface area contributed by atoms with Crippen molar-refractivity contribution in [1.29, 1.82) is 0 Å². The molecular formula is C29H40N6O2. The van der Waals surface area contributed by atoms with Crippen LogP contribution in [0.5, 0.6) is 0 Å². The fourth-order valence-corrected chi connectivity index (χ4v) is 5.86. The minimum absolute atomic E-state index is 0.207. The van der Waals surface area contributed by atoms with Crippen LogP contribution in [0, 0.1) is 17.8 Å². The maximum atomic E-state index is 12.0. The molecule has 198 valence electrons. The average Bonchev–Trinajstić information content (AvgIpc) is 3.21. The summed E-state index contributed by atoms with van der Waals surface area (Å²) in [6.45, 7) is 9.71. The van der Waals surface area contributed by atoms with Gasteiger partial charge in [-0.1, -0.05) is 40.0 Å². The summed E-state index contributed by atoms with van der Waals surface area (Å²) in [5.74, 6) is 2.31. The van der Waals surface area contributed by atoms with Gasteiger partial charge in [-0.15, -0.1) is 0 Å². The van der Waals surface area contributed by atoms with Crippen LogP contribution in [0.1, 0.15) is 94.7 Å². The van der Waals surface area contributed by atoms with Crippen molar-refractivity contribution < 1.29 is 9.90 Å². The Morgan fingerprint density at radius 3 is 2.46 bits per heavy atom. The number of anilines is 1. The summed E-state index contributed by atoms with van der Waals surface area (Å²) in [6.07, 6.45) is 10.3. The fourth-order valence-electron chi connectivity index (χ4n) is 5.86. The normalized spacial score (nSPS) is 21.2. The number of hydrogen-bond donors (Lipinski definition) is 1. The topological polar surface area (TPSA) is 97.0 Å². The number of carboxylic acids is 1. The number of aromatic carboxylic acids is 1. The second kappa shape index (κ2) is 10.4. The Balaban J connectivity index is 1.69. The molecule has 0 unspecified atom stereocenters. The van der Waals surface area contributed by atoms with Gasteiger partial charge in [-0.2, -0.15) is 0 Å². The van der Waals surface area contributed by atoms with Crippen molar-refractivity contribution in [2.75, 3.05) is 11.9 Å². The smallest absolute Gasteiger partial charge is 0.374 e. The summed E-state index contributed by atoms with van der Waals surface area (Å²) < 4.78 is 2.24. The van der Waals surface area contributed by atoms with Crippen LogP contribution in [0.25, 0.3) is 22.7 Å². The van der Waals surface area contributed by atoms with Crippen molar-refractivity contribution in [2.24, 2.45) is 17.8 Å². The number of carboxylic acid groups (broad SMARTS) is 1. The highest BCUT2D eigenvalue weighted by Gasteiger charge is 2.32. The average molecular weight is 505 g/mol. The van der Waals surface area contributed by atoms with Gasteiger partial charge in [0, 0.05) is 25.8 Å². The molecule has 3 heterocycles. The predicted molar refractivity (Wildman–Crippen MR) is 146 cm³/mol. The van der Waals surface area contributed by atoms with Crippen molar-refractivity contribution in [1.82, 2.24) is 24.5 Å². The zero-order chi connectivity index (χ0) is 26.3. The van der Waals surface area contributed by atoms with Gasteiger partial charge in [0.2, 0.25) is 5.82 Å². The van der Waals surface area contributed by atoms with Crippen LogP contribution in [0.2, 0.25) is 0 Å². The SMILES string of the molecule is CC1CCC(Cn2c(-c3cc(C(C)C)ccn3)nc3nc(C(=O)O)nc(N(C)[C@H](C)C4CCC4)c32)CC1. The predicted octanol–water partition coefficient (Wildman–Crippen LogP) is 6.16. The van der Waals surface area contributed by atoms with Crippen LogP contribution in [-0.2, 0) is 6.54 Å². The van der Waals surface area contributed by atoms with Crippen LogP contribution >= 0.6 is 0 Å². The first-order valence-corrected chi connectivity index (χ1v) is 13.9. The summed E-state index contributed by atoms with van der Waals surface area (Å²) in [5.41, 5.74) is 3.25. The molecule has 37 heavy (non-hydrogen) atoms. The standard InChI is InChI=1S/C29H40N6O2/c1-17(2)22-13-14-30-23(15-22)27-32-25-24(35(27)16-20-11-9-18(3)10-12-20)28(33-26(31-25)29(36)37)34(5)19(4)21-7-6-8-21/h13-15,17-21H,6-12,16H2,1-5H3,(H,36,37)/t18?,19-,20?/m1/s1. The van der Waals surface area contributed by atoms with Crippen LogP contribution in [0.3, 0.4) is 0 Å². The summed E-state index contributed by atoms with van der Waals surface area (Å²) in [6, 6.07) is 4.40. The van der Waals surface area contributed by atoms with E-state index in [0.717, 1.165) is 29.5 Å². The van der Waals surface area contributed by atoms with Gasteiger partial charge in [0.15, 0.2) is 17.3 Å². The van der Waals surface area contributed by atoms with Gasteiger partial charge < -0.3 is 14.6 Å². The summed E-state index contributed by atoms with van der Waals surface area (Å²) in [4.78, 5) is 32.9. The van der Waals surface area contributed by atoms with Crippen LogP contribution in [0.4, 0.5) is 5.82 Å². The summed E-state index contributed by atoms with van der Waals surface area (Å²) in [5, 5.41) is 9.84. The van der Waals surface area contributed by atoms with E-state index >= 15 is 0 Å². The monoisotopic (exact) mass is 504 g/mol. The number of hydrogen-bond acceptors (Lipinski definition) is 6. The Kier molecular flexibility index (Phi) is 7.19. The Morgan fingerprint density at radius 1 is 1.11 bits per heavy atom. The van der Waals surface area contributed by atoms with Crippen molar-refractivity contribution in [3.05, 3.63) is 29.7 Å². The molecule has 0 bridgehead atoms. The molecule has 1 N–H and O–H groups in total. The van der Waals surface area contributed by atoms with Crippen molar-refractivity contribution in [2.45, 2.75) is 91.1 Å².